The zero-order chi connectivity index (χ0) is 12.4. The predicted molar refractivity (Wildman–Crippen MR) is 75.6 cm³/mol. The molecule has 0 aromatic heterocycles. The van der Waals surface area contributed by atoms with E-state index in [0.29, 0.717) is 6.04 Å². The third kappa shape index (κ3) is 2.45. The van der Waals surface area contributed by atoms with Crippen molar-refractivity contribution in [3.05, 3.63) is 35.4 Å². The Balaban J connectivity index is 1.85. The van der Waals surface area contributed by atoms with Gasteiger partial charge < -0.3 is 5.73 Å². The van der Waals surface area contributed by atoms with Crippen molar-refractivity contribution in [2.45, 2.75) is 44.1 Å². The van der Waals surface area contributed by atoms with Gasteiger partial charge in [-0.15, -0.1) is 0 Å². The number of nitrogens with zero attached hydrogens (tertiary/aromatic N) is 1. The summed E-state index contributed by atoms with van der Waals surface area (Å²) in [6.45, 7) is 3.20. The summed E-state index contributed by atoms with van der Waals surface area (Å²) < 4.78 is 0. The van der Waals surface area contributed by atoms with Gasteiger partial charge in [-0.25, -0.2) is 0 Å². The highest BCUT2D eigenvalue weighted by Gasteiger charge is 2.30. The number of rotatable bonds is 4. The van der Waals surface area contributed by atoms with E-state index in [4.69, 9.17) is 5.73 Å². The van der Waals surface area contributed by atoms with Crippen LogP contribution in [0.1, 0.15) is 55.2 Å². The van der Waals surface area contributed by atoms with Gasteiger partial charge in [0.1, 0.15) is 0 Å². The maximum absolute atomic E-state index is 6.08. The minimum atomic E-state index is 0.446. The first-order valence-corrected chi connectivity index (χ1v) is 7.43. The molecule has 2 heteroatoms. The van der Waals surface area contributed by atoms with Gasteiger partial charge in [-0.05, 0) is 55.8 Å². The van der Waals surface area contributed by atoms with Gasteiger partial charge >= 0.3 is 0 Å². The first-order valence-electron chi connectivity index (χ1n) is 7.43. The topological polar surface area (TPSA) is 29.3 Å². The Labute approximate surface area is 110 Å². The van der Waals surface area contributed by atoms with Crippen LogP contribution in [-0.4, -0.2) is 24.5 Å². The molecule has 0 amide bonds. The lowest BCUT2D eigenvalue weighted by Crippen LogP contribution is -2.37. The fourth-order valence-corrected chi connectivity index (χ4v) is 3.28. The molecule has 2 N–H and O–H groups in total. The molecule has 1 aromatic rings. The predicted octanol–water partition coefficient (Wildman–Crippen LogP) is 3.05. The molecule has 2 fully saturated rings. The molecule has 98 valence electrons. The van der Waals surface area contributed by atoms with Crippen LogP contribution in [-0.2, 0) is 0 Å². The summed E-state index contributed by atoms with van der Waals surface area (Å²) in [5.41, 5.74) is 9.16. The summed E-state index contributed by atoms with van der Waals surface area (Å²) in [6.07, 6.45) is 6.80. The van der Waals surface area contributed by atoms with Crippen molar-refractivity contribution in [1.29, 1.82) is 0 Å². The second-order valence-electron chi connectivity index (χ2n) is 5.75. The zero-order valence-electron chi connectivity index (χ0n) is 11.1. The Morgan fingerprint density at radius 2 is 1.83 bits per heavy atom. The molecule has 1 aliphatic heterocycles. The third-order valence-corrected chi connectivity index (χ3v) is 4.43. The number of likely N-dealkylation sites (tertiary alicyclic amines) is 1. The summed E-state index contributed by atoms with van der Waals surface area (Å²) in [4.78, 5) is 2.60. The quantitative estimate of drug-likeness (QED) is 0.882. The Hall–Kier alpha value is -0.860. The van der Waals surface area contributed by atoms with E-state index in [9.17, 15) is 0 Å². The minimum Gasteiger partial charge on any atom is -0.329 e. The lowest BCUT2D eigenvalue weighted by Gasteiger charge is -2.35. The lowest BCUT2D eigenvalue weighted by molar-refractivity contribution is 0.167. The van der Waals surface area contributed by atoms with Crippen LogP contribution in [0.15, 0.2) is 24.3 Å². The van der Waals surface area contributed by atoms with Crippen molar-refractivity contribution in [3.63, 3.8) is 0 Å². The molecule has 1 atom stereocenters. The molecule has 0 spiro atoms. The van der Waals surface area contributed by atoms with Crippen LogP contribution in [0.3, 0.4) is 0 Å². The highest BCUT2D eigenvalue weighted by molar-refractivity contribution is 5.35. The standard InChI is InChI=1S/C16H24N2/c17-12-16(18-10-4-1-5-11-18)15-7-3-2-6-14(15)13-8-9-13/h2-3,6-7,13,16H,1,4-5,8-12,17H2. The fraction of sp³-hybridized carbons (Fsp3) is 0.625. The van der Waals surface area contributed by atoms with E-state index in [-0.39, 0.29) is 0 Å². The van der Waals surface area contributed by atoms with Gasteiger partial charge in [-0.2, -0.15) is 0 Å². The maximum Gasteiger partial charge on any atom is 0.0473 e. The van der Waals surface area contributed by atoms with Crippen molar-refractivity contribution in [1.82, 2.24) is 4.90 Å². The van der Waals surface area contributed by atoms with Crippen LogP contribution in [0.25, 0.3) is 0 Å². The summed E-state index contributed by atoms with van der Waals surface area (Å²) >= 11 is 0. The molecule has 1 saturated heterocycles. The number of hydrogen-bond acceptors (Lipinski definition) is 2. The number of benzene rings is 1. The van der Waals surface area contributed by atoms with Crippen LogP contribution in [0.5, 0.6) is 0 Å². The van der Waals surface area contributed by atoms with Gasteiger partial charge in [-0.3, -0.25) is 4.90 Å². The van der Waals surface area contributed by atoms with Crippen LogP contribution in [0, 0.1) is 0 Å². The average Bonchev–Trinajstić information content (AvgIpc) is 3.26. The van der Waals surface area contributed by atoms with Gasteiger partial charge in [0.15, 0.2) is 0 Å². The van der Waals surface area contributed by atoms with Crippen molar-refractivity contribution >= 4 is 0 Å². The van der Waals surface area contributed by atoms with Crippen LogP contribution >= 0.6 is 0 Å². The minimum absolute atomic E-state index is 0.446. The summed E-state index contributed by atoms with van der Waals surface area (Å²) in [6, 6.07) is 9.43. The Bertz CT molecular complexity index is 392. The third-order valence-electron chi connectivity index (χ3n) is 4.43. The van der Waals surface area contributed by atoms with Gasteiger partial charge in [0.05, 0.1) is 0 Å². The molecule has 1 saturated carbocycles. The normalized spacial score (nSPS) is 22.9. The molecule has 1 aliphatic carbocycles. The van der Waals surface area contributed by atoms with E-state index in [1.807, 2.05) is 0 Å². The maximum atomic E-state index is 6.08. The highest BCUT2D eigenvalue weighted by atomic mass is 15.2. The summed E-state index contributed by atoms with van der Waals surface area (Å²) in [7, 11) is 0. The van der Waals surface area contributed by atoms with Crippen molar-refractivity contribution in [2.24, 2.45) is 5.73 Å². The van der Waals surface area contributed by atoms with Crippen molar-refractivity contribution in [3.8, 4) is 0 Å². The SMILES string of the molecule is NCC(c1ccccc1C1CC1)N1CCCCC1. The largest absolute Gasteiger partial charge is 0.329 e. The number of hydrogen-bond donors (Lipinski definition) is 1. The Kier molecular flexibility index (Phi) is 3.67. The van der Waals surface area contributed by atoms with Crippen molar-refractivity contribution in [2.75, 3.05) is 19.6 Å². The molecule has 0 radical (unpaired) electrons. The summed E-state index contributed by atoms with van der Waals surface area (Å²) in [5.74, 6) is 0.819. The van der Waals surface area contributed by atoms with E-state index in [0.717, 1.165) is 12.5 Å². The fourth-order valence-electron chi connectivity index (χ4n) is 3.28. The zero-order valence-corrected chi connectivity index (χ0v) is 11.1. The van der Waals surface area contributed by atoms with Gasteiger partial charge in [0.25, 0.3) is 0 Å². The molecule has 3 rings (SSSR count). The second kappa shape index (κ2) is 5.41. The number of piperidine rings is 1. The van der Waals surface area contributed by atoms with Gasteiger partial charge in [-0.1, -0.05) is 30.7 Å². The summed E-state index contributed by atoms with van der Waals surface area (Å²) in [5, 5.41) is 0. The smallest absolute Gasteiger partial charge is 0.0473 e. The molecule has 2 aliphatic rings. The molecule has 1 aromatic carbocycles. The molecular weight excluding hydrogens is 220 g/mol. The van der Waals surface area contributed by atoms with E-state index in [2.05, 4.69) is 29.2 Å². The molecule has 1 unspecified atom stereocenters. The molecule has 0 bridgehead atoms. The lowest BCUT2D eigenvalue weighted by atomic mass is 9.94. The van der Waals surface area contributed by atoms with Crippen molar-refractivity contribution < 1.29 is 0 Å². The molecule has 1 heterocycles. The average molecular weight is 244 g/mol. The van der Waals surface area contributed by atoms with Gasteiger partial charge in [0.2, 0.25) is 0 Å². The highest BCUT2D eigenvalue weighted by Crippen LogP contribution is 2.43. The van der Waals surface area contributed by atoms with Crippen LogP contribution < -0.4 is 5.73 Å². The van der Waals surface area contributed by atoms with E-state index in [1.54, 1.807) is 5.56 Å². The van der Waals surface area contributed by atoms with Gasteiger partial charge in [0, 0.05) is 12.6 Å². The molecule has 2 nitrogen and oxygen atoms in total. The monoisotopic (exact) mass is 244 g/mol. The molecule has 18 heavy (non-hydrogen) atoms. The van der Waals surface area contributed by atoms with Crippen LogP contribution in [0.2, 0.25) is 0 Å². The molecular formula is C16H24N2. The van der Waals surface area contributed by atoms with E-state index < -0.39 is 0 Å². The number of nitrogens with two attached hydrogens (primary N) is 1. The second-order valence-corrected chi connectivity index (χ2v) is 5.75. The van der Waals surface area contributed by atoms with E-state index in [1.165, 1.54) is 50.8 Å². The first kappa shape index (κ1) is 12.2. The first-order chi connectivity index (χ1) is 8.90. The Morgan fingerprint density at radius 1 is 1.11 bits per heavy atom. The van der Waals surface area contributed by atoms with E-state index >= 15 is 0 Å². The van der Waals surface area contributed by atoms with Crippen LogP contribution in [0.4, 0.5) is 0 Å². The Morgan fingerprint density at radius 3 is 2.50 bits per heavy atom.